The van der Waals surface area contributed by atoms with Crippen molar-refractivity contribution in [2.24, 2.45) is 0 Å². The molecule has 0 aromatic heterocycles. The second-order valence-electron chi connectivity index (χ2n) is 12.9. The van der Waals surface area contributed by atoms with Gasteiger partial charge in [0.25, 0.3) is 0 Å². The van der Waals surface area contributed by atoms with Crippen molar-refractivity contribution in [3.8, 4) is 45.3 Å². The van der Waals surface area contributed by atoms with Crippen LogP contribution in [-0.2, 0) is 12.2 Å². The van der Waals surface area contributed by atoms with Crippen molar-refractivity contribution >= 4 is 22.2 Å². The van der Waals surface area contributed by atoms with Gasteiger partial charge in [-0.25, -0.2) is 43.9 Å². The number of rotatable bonds is 11. The largest absolute Gasteiger partial charge is 0.573 e. The third kappa shape index (κ3) is 12.4. The lowest BCUT2D eigenvalue weighted by Gasteiger charge is -2.20. The molecule has 0 fully saturated rings. The number of aldehydes is 1. The molecule has 0 bridgehead atoms. The lowest BCUT2D eigenvalue weighted by atomic mass is 10.0. The summed E-state index contributed by atoms with van der Waals surface area (Å²) in [7, 11) is 0. The van der Waals surface area contributed by atoms with Gasteiger partial charge in [-0.2, -0.15) is 17.6 Å². The average Bonchev–Trinajstić information content (AvgIpc) is 3.16. The second kappa shape index (κ2) is 19.2. The van der Waals surface area contributed by atoms with Crippen LogP contribution in [0.15, 0.2) is 89.4 Å². The Morgan fingerprint density at radius 3 is 0.985 bits per heavy atom. The van der Waals surface area contributed by atoms with Crippen LogP contribution in [0.2, 0.25) is 0 Å². The lowest BCUT2D eigenvalue weighted by molar-refractivity contribution is -0.277. The van der Waals surface area contributed by atoms with E-state index in [0.717, 1.165) is 0 Å². The lowest BCUT2D eigenvalue weighted by Crippen LogP contribution is -2.25. The Bertz CT molecular complexity index is 2760. The SMILES string of the molecule is Fc1cc(OC(F)(F)c2c(F)cc(Br)cc2F)ccc1-c1cc(F)c(OC(F)(F)F)c(F)c1.O=Cc1cc(F)c(C(F)(F)Oc2ccc(-c3cc(F)c(OC(F)(F)F)c(F)c3)c(F)c2)c(F)c1. The molecule has 0 atom stereocenters. The normalized spacial score (nSPS) is 12.0. The molecule has 0 saturated carbocycles. The zero-order valence-corrected chi connectivity index (χ0v) is 33.2. The van der Waals surface area contributed by atoms with Gasteiger partial charge in [0.1, 0.15) is 63.8 Å². The van der Waals surface area contributed by atoms with Crippen LogP contribution in [0.25, 0.3) is 22.3 Å². The molecular formula is C41H15BrF20O5. The van der Waals surface area contributed by atoms with Crippen LogP contribution in [0.1, 0.15) is 21.5 Å². The van der Waals surface area contributed by atoms with Crippen molar-refractivity contribution in [3.63, 3.8) is 0 Å². The summed E-state index contributed by atoms with van der Waals surface area (Å²) in [6, 6.07) is 6.35. The summed E-state index contributed by atoms with van der Waals surface area (Å²) < 4.78 is 285. The molecule has 0 aliphatic rings. The van der Waals surface area contributed by atoms with E-state index in [9.17, 15) is 92.6 Å². The fourth-order valence-corrected chi connectivity index (χ4v) is 6.00. The zero-order valence-electron chi connectivity index (χ0n) is 31.6. The molecule has 0 N–H and O–H groups in total. The Balaban J connectivity index is 0.000000251. The standard InChI is InChI=1S/C21H8F10O3.C20H7BrF10O2/c22-13-7-11(33-20(27,28)18-14(23)3-9(8-32)4-15(18)24)1-2-12(13)10-5-16(25)19(17(26)6-10)34-21(29,30)31;21-9-5-13(23)17(14(24)6-9)19(27,28)32-10-1-2-11(12(22)7-10)8-3-15(25)18(16(26)4-8)33-20(29,30)31/h1-8H;1-7H. The summed E-state index contributed by atoms with van der Waals surface area (Å²) in [6.07, 6.45) is -20.1. The predicted molar refractivity (Wildman–Crippen MR) is 192 cm³/mol. The van der Waals surface area contributed by atoms with Gasteiger partial charge in [-0.05, 0) is 83.9 Å². The summed E-state index contributed by atoms with van der Waals surface area (Å²) in [5.41, 5.74) is -6.66. The van der Waals surface area contributed by atoms with Gasteiger partial charge in [0, 0.05) is 33.3 Å². The minimum atomic E-state index is -5.41. The van der Waals surface area contributed by atoms with E-state index < -0.39 is 145 Å². The molecule has 6 aromatic rings. The van der Waals surface area contributed by atoms with Gasteiger partial charge >= 0.3 is 24.9 Å². The van der Waals surface area contributed by atoms with Crippen molar-refractivity contribution in [1.82, 2.24) is 0 Å². The van der Waals surface area contributed by atoms with E-state index in [0.29, 0.717) is 78.9 Å². The van der Waals surface area contributed by atoms with Gasteiger partial charge in [0.15, 0.2) is 23.3 Å². The molecule has 0 aliphatic carbocycles. The second-order valence-corrected chi connectivity index (χ2v) is 13.8. The first kappa shape index (κ1) is 51.3. The molecule has 5 nitrogen and oxygen atoms in total. The summed E-state index contributed by atoms with van der Waals surface area (Å²) >= 11 is 2.72. The number of hydrogen-bond donors (Lipinski definition) is 0. The Morgan fingerprint density at radius 1 is 0.388 bits per heavy atom. The molecule has 6 rings (SSSR count). The topological polar surface area (TPSA) is 54.0 Å². The molecule has 0 spiro atoms. The van der Waals surface area contributed by atoms with E-state index in [-0.39, 0.29) is 16.8 Å². The molecule has 67 heavy (non-hydrogen) atoms. The van der Waals surface area contributed by atoms with E-state index in [4.69, 9.17) is 0 Å². The third-order valence-electron chi connectivity index (χ3n) is 8.22. The average molecular weight is 1050 g/mol. The van der Waals surface area contributed by atoms with Gasteiger partial charge in [-0.3, -0.25) is 4.79 Å². The zero-order chi connectivity index (χ0) is 50.1. The maximum Gasteiger partial charge on any atom is 0.573 e. The van der Waals surface area contributed by atoms with Crippen molar-refractivity contribution in [3.05, 3.63) is 164 Å². The van der Waals surface area contributed by atoms with E-state index in [1.54, 1.807) is 0 Å². The van der Waals surface area contributed by atoms with Gasteiger partial charge in [0.2, 0.25) is 11.5 Å². The van der Waals surface area contributed by atoms with Crippen LogP contribution in [0.4, 0.5) is 87.8 Å². The number of ether oxygens (including phenoxy) is 4. The van der Waals surface area contributed by atoms with Gasteiger partial charge in [-0.1, -0.05) is 15.9 Å². The van der Waals surface area contributed by atoms with Crippen molar-refractivity contribution in [2.45, 2.75) is 24.9 Å². The monoisotopic (exact) mass is 1050 g/mol. The molecule has 6 aromatic carbocycles. The van der Waals surface area contributed by atoms with E-state index >= 15 is 0 Å². The summed E-state index contributed by atoms with van der Waals surface area (Å²) in [5, 5.41) is 0. The number of benzene rings is 6. The van der Waals surface area contributed by atoms with Crippen LogP contribution in [0, 0.1) is 58.2 Å². The molecule has 0 amide bonds. The fourth-order valence-electron chi connectivity index (χ4n) is 5.60. The quantitative estimate of drug-likeness (QED) is 0.0956. The Hall–Kier alpha value is -6.73. The molecule has 0 saturated heterocycles. The third-order valence-corrected chi connectivity index (χ3v) is 8.67. The molecule has 0 unspecified atom stereocenters. The maximum absolute atomic E-state index is 14.4. The molecule has 0 heterocycles. The van der Waals surface area contributed by atoms with Crippen LogP contribution in [0.3, 0.4) is 0 Å². The number of hydrogen-bond acceptors (Lipinski definition) is 5. The fraction of sp³-hybridized carbons (Fsp3) is 0.0976. The molecule has 0 radical (unpaired) electrons. The van der Waals surface area contributed by atoms with E-state index in [2.05, 4.69) is 34.9 Å². The predicted octanol–water partition coefficient (Wildman–Crippen LogP) is 14.7. The highest BCUT2D eigenvalue weighted by Crippen LogP contribution is 2.41. The number of carbonyl (C=O) groups is 1. The molecular weight excluding hydrogens is 1030 g/mol. The minimum absolute atomic E-state index is 0.0104. The van der Waals surface area contributed by atoms with Crippen LogP contribution in [-0.4, -0.2) is 19.0 Å². The van der Waals surface area contributed by atoms with E-state index in [1.165, 1.54) is 0 Å². The Kier molecular flexibility index (Phi) is 14.7. The van der Waals surface area contributed by atoms with Crippen molar-refractivity contribution < 1.29 is 112 Å². The van der Waals surface area contributed by atoms with Crippen LogP contribution in [0.5, 0.6) is 23.0 Å². The smallest absolute Gasteiger partial charge is 0.429 e. The number of alkyl halides is 10. The Labute approximate surface area is 367 Å². The highest BCUT2D eigenvalue weighted by molar-refractivity contribution is 9.10. The maximum atomic E-state index is 14.4. The van der Waals surface area contributed by atoms with Crippen LogP contribution < -0.4 is 18.9 Å². The first-order valence-corrected chi connectivity index (χ1v) is 18.0. The van der Waals surface area contributed by atoms with E-state index in [1.807, 2.05) is 0 Å². The number of carbonyl (C=O) groups excluding carboxylic acids is 1. The van der Waals surface area contributed by atoms with Gasteiger partial charge in [-0.15, -0.1) is 26.3 Å². The highest BCUT2D eigenvalue weighted by atomic mass is 79.9. The van der Waals surface area contributed by atoms with Gasteiger partial charge in [0.05, 0.1) is 0 Å². The first-order valence-electron chi connectivity index (χ1n) is 17.2. The van der Waals surface area contributed by atoms with Crippen molar-refractivity contribution in [1.29, 1.82) is 0 Å². The summed E-state index contributed by atoms with van der Waals surface area (Å²) in [4.78, 5) is 10.6. The molecule has 26 heteroatoms. The van der Waals surface area contributed by atoms with Crippen molar-refractivity contribution in [2.75, 3.05) is 0 Å². The van der Waals surface area contributed by atoms with Crippen LogP contribution >= 0.6 is 15.9 Å². The summed E-state index contributed by atoms with van der Waals surface area (Å²) in [6.45, 7) is 0. The number of halogens is 21. The molecule has 356 valence electrons. The van der Waals surface area contributed by atoms with Gasteiger partial charge < -0.3 is 18.9 Å². The Morgan fingerprint density at radius 2 is 0.701 bits per heavy atom. The minimum Gasteiger partial charge on any atom is -0.429 e. The first-order chi connectivity index (χ1) is 30.9. The highest BCUT2D eigenvalue weighted by Gasteiger charge is 2.43. The summed E-state index contributed by atoms with van der Waals surface area (Å²) in [5.74, 6) is -22.5. The molecule has 0 aliphatic heterocycles.